The highest BCUT2D eigenvalue weighted by atomic mass is 16.5. The van der Waals surface area contributed by atoms with E-state index in [2.05, 4.69) is 5.32 Å². The lowest BCUT2D eigenvalue weighted by atomic mass is 10.1. The highest BCUT2D eigenvalue weighted by Gasteiger charge is 2.29. The molecular formula is C21H22N2O4. The van der Waals surface area contributed by atoms with Crippen LogP contribution in [-0.4, -0.2) is 36.5 Å². The van der Waals surface area contributed by atoms with Crippen molar-refractivity contribution in [3.05, 3.63) is 54.1 Å². The molecule has 0 bridgehead atoms. The van der Waals surface area contributed by atoms with Crippen LogP contribution < -0.4 is 14.8 Å². The van der Waals surface area contributed by atoms with E-state index in [9.17, 15) is 9.59 Å². The van der Waals surface area contributed by atoms with Gasteiger partial charge in [-0.15, -0.1) is 0 Å². The molecule has 2 amide bonds. The lowest BCUT2D eigenvalue weighted by Gasteiger charge is -2.20. The van der Waals surface area contributed by atoms with Crippen molar-refractivity contribution in [1.82, 2.24) is 4.90 Å². The molecule has 1 aliphatic heterocycles. The van der Waals surface area contributed by atoms with Crippen LogP contribution in [-0.2, 0) is 16.1 Å². The fourth-order valence-electron chi connectivity index (χ4n) is 3.03. The van der Waals surface area contributed by atoms with Gasteiger partial charge in [0.15, 0.2) is 6.61 Å². The monoisotopic (exact) mass is 366 g/mol. The van der Waals surface area contributed by atoms with Crippen LogP contribution in [0.1, 0.15) is 18.4 Å². The predicted octanol–water partition coefficient (Wildman–Crippen LogP) is 2.84. The van der Waals surface area contributed by atoms with Crippen LogP contribution in [0.2, 0.25) is 0 Å². The Morgan fingerprint density at radius 3 is 2.74 bits per heavy atom. The third-order valence-corrected chi connectivity index (χ3v) is 4.71. The van der Waals surface area contributed by atoms with Gasteiger partial charge in [0.05, 0.1) is 6.54 Å². The van der Waals surface area contributed by atoms with Crippen molar-refractivity contribution in [3.63, 3.8) is 0 Å². The van der Waals surface area contributed by atoms with Crippen molar-refractivity contribution in [2.75, 3.05) is 25.1 Å². The van der Waals surface area contributed by atoms with Crippen molar-refractivity contribution < 1.29 is 19.1 Å². The Balaban J connectivity index is 1.41. The summed E-state index contributed by atoms with van der Waals surface area (Å²) in [6, 6.07) is 14.9. The van der Waals surface area contributed by atoms with Crippen LogP contribution in [0, 0.1) is 5.92 Å². The molecule has 27 heavy (non-hydrogen) atoms. The van der Waals surface area contributed by atoms with Crippen molar-refractivity contribution in [1.29, 1.82) is 0 Å². The molecule has 0 aromatic heterocycles. The Morgan fingerprint density at radius 2 is 1.96 bits per heavy atom. The van der Waals surface area contributed by atoms with Gasteiger partial charge in [-0.05, 0) is 43.2 Å². The van der Waals surface area contributed by atoms with Gasteiger partial charge in [0.1, 0.15) is 18.1 Å². The summed E-state index contributed by atoms with van der Waals surface area (Å²) < 4.78 is 11.3. The average molecular weight is 366 g/mol. The summed E-state index contributed by atoms with van der Waals surface area (Å²) in [5.41, 5.74) is 1.62. The first-order valence-corrected chi connectivity index (χ1v) is 9.21. The molecule has 2 aromatic rings. The van der Waals surface area contributed by atoms with Crippen molar-refractivity contribution in [3.8, 4) is 11.5 Å². The molecule has 0 saturated heterocycles. The number of amides is 2. The number of hydrogen-bond acceptors (Lipinski definition) is 4. The molecule has 140 valence electrons. The van der Waals surface area contributed by atoms with E-state index in [4.69, 9.17) is 9.47 Å². The molecule has 2 aromatic carbocycles. The minimum absolute atomic E-state index is 0.0164. The van der Waals surface area contributed by atoms with Gasteiger partial charge < -0.3 is 19.7 Å². The summed E-state index contributed by atoms with van der Waals surface area (Å²) in [5, 5.41) is 2.94. The summed E-state index contributed by atoms with van der Waals surface area (Å²) in [4.78, 5) is 26.3. The number of nitrogens with zero attached hydrogens (tertiary/aromatic N) is 1. The molecule has 1 N–H and O–H groups in total. The topological polar surface area (TPSA) is 67.9 Å². The predicted molar refractivity (Wildman–Crippen MR) is 101 cm³/mol. The van der Waals surface area contributed by atoms with Gasteiger partial charge in [-0.2, -0.15) is 0 Å². The number of hydrogen-bond donors (Lipinski definition) is 1. The van der Waals surface area contributed by atoms with E-state index in [0.717, 1.165) is 29.8 Å². The zero-order valence-electron chi connectivity index (χ0n) is 15.0. The standard InChI is InChI=1S/C21H22N2O4/c24-20(14-27-18-4-2-1-3-5-18)23-10-11-26-19-9-8-17(12-16(19)13-23)22-21(25)15-6-7-15/h1-5,8-9,12,15H,6-7,10-11,13-14H2,(H,22,25). The van der Waals surface area contributed by atoms with Gasteiger partial charge in [-0.1, -0.05) is 18.2 Å². The Morgan fingerprint density at radius 1 is 1.15 bits per heavy atom. The third kappa shape index (κ3) is 4.39. The summed E-state index contributed by atoms with van der Waals surface area (Å²) >= 11 is 0. The van der Waals surface area contributed by atoms with Gasteiger partial charge in [0.25, 0.3) is 5.91 Å². The minimum Gasteiger partial charge on any atom is -0.491 e. The fourth-order valence-corrected chi connectivity index (χ4v) is 3.03. The minimum atomic E-state index is -0.0947. The third-order valence-electron chi connectivity index (χ3n) is 4.71. The van der Waals surface area contributed by atoms with Crippen molar-refractivity contribution >= 4 is 17.5 Å². The maximum absolute atomic E-state index is 12.6. The van der Waals surface area contributed by atoms with Crippen LogP contribution in [0.3, 0.4) is 0 Å². The Bertz CT molecular complexity index is 833. The number of rotatable bonds is 5. The first-order chi connectivity index (χ1) is 13.2. The summed E-state index contributed by atoms with van der Waals surface area (Å²) in [6.07, 6.45) is 1.92. The van der Waals surface area contributed by atoms with Crippen LogP contribution >= 0.6 is 0 Å². The Labute approximate surface area is 158 Å². The van der Waals surface area contributed by atoms with Crippen LogP contribution in [0.5, 0.6) is 11.5 Å². The van der Waals surface area contributed by atoms with Gasteiger partial charge in [-0.3, -0.25) is 9.59 Å². The normalized spacial score (nSPS) is 15.9. The van der Waals surface area contributed by atoms with Crippen LogP contribution in [0.15, 0.2) is 48.5 Å². The maximum Gasteiger partial charge on any atom is 0.260 e. The van der Waals surface area contributed by atoms with Gasteiger partial charge in [-0.25, -0.2) is 0 Å². The molecule has 0 atom stereocenters. The highest BCUT2D eigenvalue weighted by Crippen LogP contribution is 2.31. The molecule has 0 unspecified atom stereocenters. The van der Waals surface area contributed by atoms with Crippen molar-refractivity contribution in [2.24, 2.45) is 5.92 Å². The van der Waals surface area contributed by atoms with E-state index in [1.54, 1.807) is 4.90 Å². The molecule has 1 heterocycles. The molecule has 1 aliphatic carbocycles. The van der Waals surface area contributed by atoms with E-state index in [0.29, 0.717) is 25.4 Å². The lowest BCUT2D eigenvalue weighted by Crippen LogP contribution is -2.36. The van der Waals surface area contributed by atoms with E-state index in [1.807, 2.05) is 48.5 Å². The van der Waals surface area contributed by atoms with E-state index in [-0.39, 0.29) is 24.3 Å². The molecule has 6 nitrogen and oxygen atoms in total. The molecule has 0 spiro atoms. The summed E-state index contributed by atoms with van der Waals surface area (Å²) in [7, 11) is 0. The second-order valence-electron chi connectivity index (χ2n) is 6.85. The summed E-state index contributed by atoms with van der Waals surface area (Å²) in [6.45, 7) is 1.34. The second-order valence-corrected chi connectivity index (χ2v) is 6.85. The van der Waals surface area contributed by atoms with E-state index in [1.165, 1.54) is 0 Å². The maximum atomic E-state index is 12.6. The zero-order chi connectivity index (χ0) is 18.6. The number of nitrogens with one attached hydrogen (secondary N) is 1. The highest BCUT2D eigenvalue weighted by molar-refractivity contribution is 5.94. The molecule has 6 heteroatoms. The lowest BCUT2D eigenvalue weighted by molar-refractivity contribution is -0.134. The number of carbonyl (C=O) groups excluding carboxylic acids is 2. The van der Waals surface area contributed by atoms with Crippen LogP contribution in [0.25, 0.3) is 0 Å². The number of fused-ring (bicyclic) bond motifs is 1. The van der Waals surface area contributed by atoms with E-state index >= 15 is 0 Å². The Hall–Kier alpha value is -3.02. The molecular weight excluding hydrogens is 344 g/mol. The van der Waals surface area contributed by atoms with Crippen molar-refractivity contribution in [2.45, 2.75) is 19.4 Å². The molecule has 4 rings (SSSR count). The summed E-state index contributed by atoms with van der Waals surface area (Å²) in [5.74, 6) is 1.53. The molecule has 1 saturated carbocycles. The largest absolute Gasteiger partial charge is 0.491 e. The van der Waals surface area contributed by atoms with Gasteiger partial charge in [0.2, 0.25) is 5.91 Å². The second kappa shape index (κ2) is 7.70. The first kappa shape index (κ1) is 17.4. The fraction of sp³-hybridized carbons (Fsp3) is 0.333. The zero-order valence-corrected chi connectivity index (χ0v) is 15.0. The van der Waals surface area contributed by atoms with E-state index < -0.39 is 0 Å². The molecule has 0 radical (unpaired) electrons. The van der Waals surface area contributed by atoms with Gasteiger partial charge >= 0.3 is 0 Å². The Kier molecular flexibility index (Phi) is 4.96. The SMILES string of the molecule is O=C(Nc1ccc2c(c1)CN(C(=O)COc1ccccc1)CCO2)C1CC1. The molecule has 2 aliphatic rings. The van der Waals surface area contributed by atoms with Gasteiger partial charge in [0, 0.05) is 23.7 Å². The number of carbonyl (C=O) groups is 2. The first-order valence-electron chi connectivity index (χ1n) is 9.21. The smallest absolute Gasteiger partial charge is 0.260 e. The number of ether oxygens (including phenoxy) is 2. The molecule has 1 fully saturated rings. The quantitative estimate of drug-likeness (QED) is 0.884. The average Bonchev–Trinajstić information content (AvgIpc) is 3.53. The number of benzene rings is 2. The van der Waals surface area contributed by atoms with Crippen LogP contribution in [0.4, 0.5) is 5.69 Å². The number of anilines is 1. The number of para-hydroxylation sites is 1.